The number of likely N-dealkylation sites (N-methyl/N-ethyl adjacent to an activating group) is 1. The summed E-state index contributed by atoms with van der Waals surface area (Å²) in [7, 11) is 0. The molecule has 0 radical (unpaired) electrons. The Morgan fingerprint density at radius 1 is 1.10 bits per heavy atom. The van der Waals surface area contributed by atoms with Gasteiger partial charge in [-0.1, -0.05) is 34.6 Å². The molecule has 0 bridgehead atoms. The quantitative estimate of drug-likeness (QED) is 0.872. The van der Waals surface area contributed by atoms with Gasteiger partial charge in [0.15, 0.2) is 0 Å². The molecule has 0 spiro atoms. The topological polar surface area (TPSA) is 36.4 Å². The lowest BCUT2D eigenvalue weighted by atomic mass is 9.88. The zero-order chi connectivity index (χ0) is 15.6. The van der Waals surface area contributed by atoms with Crippen molar-refractivity contribution in [3.63, 3.8) is 0 Å². The summed E-state index contributed by atoms with van der Waals surface area (Å²) in [6, 6.07) is 0. The van der Waals surface area contributed by atoms with Crippen LogP contribution in [0.1, 0.15) is 64.0 Å². The first kappa shape index (κ1) is 17.6. The molecule has 1 aromatic rings. The molecule has 4 heteroatoms. The van der Waals surface area contributed by atoms with Crippen LogP contribution in [0.2, 0.25) is 0 Å². The maximum absolute atomic E-state index is 10.4. The molecule has 0 aliphatic heterocycles. The van der Waals surface area contributed by atoms with Crippen LogP contribution in [0.4, 0.5) is 0 Å². The maximum atomic E-state index is 10.4. The van der Waals surface area contributed by atoms with Crippen LogP contribution in [0, 0.1) is 0 Å². The molecule has 20 heavy (non-hydrogen) atoms. The van der Waals surface area contributed by atoms with Crippen LogP contribution >= 0.6 is 11.3 Å². The predicted molar refractivity (Wildman–Crippen MR) is 87.6 cm³/mol. The van der Waals surface area contributed by atoms with E-state index < -0.39 is 5.60 Å². The Hall–Kier alpha value is -0.450. The highest BCUT2D eigenvalue weighted by atomic mass is 32.1. The van der Waals surface area contributed by atoms with Gasteiger partial charge in [0.1, 0.15) is 0 Å². The van der Waals surface area contributed by atoms with Gasteiger partial charge < -0.3 is 10.0 Å². The van der Waals surface area contributed by atoms with Gasteiger partial charge in [-0.2, -0.15) is 0 Å². The molecule has 1 rings (SSSR count). The molecule has 0 atom stereocenters. The number of thiazole rings is 1. The first-order chi connectivity index (χ1) is 9.09. The highest BCUT2D eigenvalue weighted by molar-refractivity contribution is 7.11. The van der Waals surface area contributed by atoms with Crippen molar-refractivity contribution >= 4 is 11.3 Å². The molecule has 116 valence electrons. The van der Waals surface area contributed by atoms with E-state index in [1.54, 1.807) is 11.3 Å². The van der Waals surface area contributed by atoms with Crippen LogP contribution in [-0.2, 0) is 17.4 Å². The molecule has 0 saturated heterocycles. The van der Waals surface area contributed by atoms with Crippen molar-refractivity contribution in [1.82, 2.24) is 9.88 Å². The van der Waals surface area contributed by atoms with Crippen molar-refractivity contribution in [3.05, 3.63) is 15.6 Å². The summed E-state index contributed by atoms with van der Waals surface area (Å²) >= 11 is 1.67. The van der Waals surface area contributed by atoms with Crippen LogP contribution in [-0.4, -0.2) is 34.6 Å². The third-order valence-electron chi connectivity index (χ3n) is 3.47. The first-order valence-corrected chi connectivity index (χ1v) is 8.36. The van der Waals surface area contributed by atoms with Gasteiger partial charge in [0.25, 0.3) is 0 Å². The monoisotopic (exact) mass is 298 g/mol. The largest absolute Gasteiger partial charge is 0.385 e. The third-order valence-corrected chi connectivity index (χ3v) is 4.90. The summed E-state index contributed by atoms with van der Waals surface area (Å²) in [5.74, 6) is 0. The van der Waals surface area contributed by atoms with Crippen molar-refractivity contribution in [2.45, 2.75) is 65.9 Å². The second-order valence-corrected chi connectivity index (χ2v) is 7.95. The van der Waals surface area contributed by atoms with Gasteiger partial charge in [0.2, 0.25) is 0 Å². The Kier molecular flexibility index (Phi) is 5.76. The molecule has 0 amide bonds. The number of nitrogens with zero attached hydrogens (tertiary/aromatic N) is 2. The predicted octanol–water partition coefficient (Wildman–Crippen LogP) is 3.55. The molecule has 1 aromatic heterocycles. The van der Waals surface area contributed by atoms with E-state index in [0.717, 1.165) is 41.6 Å². The number of aromatic nitrogens is 1. The van der Waals surface area contributed by atoms with Gasteiger partial charge in [-0.25, -0.2) is 4.98 Å². The number of hydrogen-bond acceptors (Lipinski definition) is 4. The number of hydrogen-bond donors (Lipinski definition) is 1. The molecule has 0 aliphatic rings. The van der Waals surface area contributed by atoms with Gasteiger partial charge >= 0.3 is 0 Å². The molecule has 0 fully saturated rings. The fourth-order valence-electron chi connectivity index (χ4n) is 2.19. The Balaban J connectivity index is 2.98. The van der Waals surface area contributed by atoms with E-state index in [1.165, 1.54) is 0 Å². The Labute approximate surface area is 128 Å². The highest BCUT2D eigenvalue weighted by Gasteiger charge is 2.30. The van der Waals surface area contributed by atoms with Crippen molar-refractivity contribution in [2.24, 2.45) is 0 Å². The Bertz CT molecular complexity index is 391. The SMILES string of the molecule is CCN(CC)CCc1nc(C(C)(C)C)c(C(C)(C)O)s1. The van der Waals surface area contributed by atoms with Crippen LogP contribution in [0.25, 0.3) is 0 Å². The molecule has 0 aliphatic carbocycles. The summed E-state index contributed by atoms with van der Waals surface area (Å²) in [5.41, 5.74) is 0.206. The van der Waals surface area contributed by atoms with E-state index in [0.29, 0.717) is 0 Å². The van der Waals surface area contributed by atoms with Crippen LogP contribution in [0.15, 0.2) is 0 Å². The molecule has 1 heterocycles. The number of rotatable bonds is 6. The molecule has 0 unspecified atom stereocenters. The molecular formula is C16H30N2OS. The average molecular weight is 298 g/mol. The van der Waals surface area contributed by atoms with E-state index in [1.807, 2.05) is 13.8 Å². The van der Waals surface area contributed by atoms with Crippen molar-refractivity contribution in [2.75, 3.05) is 19.6 Å². The van der Waals surface area contributed by atoms with E-state index >= 15 is 0 Å². The van der Waals surface area contributed by atoms with Crippen LogP contribution in [0.3, 0.4) is 0 Å². The normalized spacial score (nSPS) is 13.2. The minimum atomic E-state index is -0.812. The average Bonchev–Trinajstić information content (AvgIpc) is 2.74. The minimum absolute atomic E-state index is 0.0285. The lowest BCUT2D eigenvalue weighted by Gasteiger charge is -2.23. The summed E-state index contributed by atoms with van der Waals surface area (Å²) in [5, 5.41) is 11.5. The standard InChI is InChI=1S/C16H30N2OS/c1-8-18(9-2)11-10-12-17-13(15(3,4)5)14(20-12)16(6,7)19/h19H,8-11H2,1-7H3. The first-order valence-electron chi connectivity index (χ1n) is 7.55. The van der Waals surface area contributed by atoms with Crippen LogP contribution < -0.4 is 0 Å². The molecular weight excluding hydrogens is 268 g/mol. The molecule has 0 saturated carbocycles. The Morgan fingerprint density at radius 2 is 1.65 bits per heavy atom. The van der Waals surface area contributed by atoms with E-state index in [-0.39, 0.29) is 5.41 Å². The second kappa shape index (κ2) is 6.54. The van der Waals surface area contributed by atoms with Gasteiger partial charge in [-0.3, -0.25) is 0 Å². The number of aliphatic hydroxyl groups is 1. The Morgan fingerprint density at radius 3 is 2.00 bits per heavy atom. The van der Waals surface area contributed by atoms with E-state index in [9.17, 15) is 5.11 Å². The van der Waals surface area contributed by atoms with Gasteiger partial charge in [0.05, 0.1) is 21.2 Å². The summed E-state index contributed by atoms with van der Waals surface area (Å²) in [4.78, 5) is 8.24. The summed E-state index contributed by atoms with van der Waals surface area (Å²) in [6.45, 7) is 17.7. The van der Waals surface area contributed by atoms with E-state index in [4.69, 9.17) is 4.98 Å². The minimum Gasteiger partial charge on any atom is -0.385 e. The maximum Gasteiger partial charge on any atom is 0.0951 e. The smallest absolute Gasteiger partial charge is 0.0951 e. The highest BCUT2D eigenvalue weighted by Crippen LogP contribution is 2.36. The van der Waals surface area contributed by atoms with Gasteiger partial charge in [0, 0.05) is 18.4 Å². The zero-order valence-electron chi connectivity index (χ0n) is 14.1. The third kappa shape index (κ3) is 4.54. The van der Waals surface area contributed by atoms with Crippen molar-refractivity contribution < 1.29 is 5.11 Å². The fraction of sp³-hybridized carbons (Fsp3) is 0.812. The summed E-state index contributed by atoms with van der Waals surface area (Å²) < 4.78 is 0. The van der Waals surface area contributed by atoms with Gasteiger partial charge in [-0.15, -0.1) is 11.3 Å². The molecule has 3 nitrogen and oxygen atoms in total. The lowest BCUT2D eigenvalue weighted by molar-refractivity contribution is 0.0803. The van der Waals surface area contributed by atoms with Gasteiger partial charge in [-0.05, 0) is 26.9 Å². The lowest BCUT2D eigenvalue weighted by Crippen LogP contribution is -2.25. The zero-order valence-corrected chi connectivity index (χ0v) is 14.9. The van der Waals surface area contributed by atoms with E-state index in [2.05, 4.69) is 39.5 Å². The molecule has 1 N–H and O–H groups in total. The second-order valence-electron chi connectivity index (χ2n) is 6.87. The summed E-state index contributed by atoms with van der Waals surface area (Å²) in [6.07, 6.45) is 0.964. The van der Waals surface area contributed by atoms with Crippen molar-refractivity contribution in [1.29, 1.82) is 0 Å². The van der Waals surface area contributed by atoms with Crippen LogP contribution in [0.5, 0.6) is 0 Å². The fourth-order valence-corrected chi connectivity index (χ4v) is 3.45. The molecule has 0 aromatic carbocycles. The van der Waals surface area contributed by atoms with Crippen molar-refractivity contribution in [3.8, 4) is 0 Å².